The maximum atomic E-state index is 11.1. The molecule has 1 unspecified atom stereocenters. The highest BCUT2D eigenvalue weighted by atomic mass is 16.9. The highest BCUT2D eigenvalue weighted by molar-refractivity contribution is 4.78. The molecular formula is C27H56O6. The summed E-state index contributed by atoms with van der Waals surface area (Å²) in [5, 5.41) is 32.0. The van der Waals surface area contributed by atoms with Gasteiger partial charge in [0.15, 0.2) is 0 Å². The second kappa shape index (κ2) is 22.2. The third kappa shape index (κ3) is 16.1. The molecule has 0 aromatic heterocycles. The van der Waals surface area contributed by atoms with Gasteiger partial charge in [-0.3, -0.25) is 0 Å². The summed E-state index contributed by atoms with van der Waals surface area (Å²) in [4.78, 5) is 0. The van der Waals surface area contributed by atoms with Crippen LogP contribution in [-0.2, 0) is 14.2 Å². The van der Waals surface area contributed by atoms with E-state index in [1.54, 1.807) is 0 Å². The van der Waals surface area contributed by atoms with Crippen LogP contribution in [0.2, 0.25) is 0 Å². The first-order chi connectivity index (χ1) is 16.0. The molecule has 0 spiro atoms. The van der Waals surface area contributed by atoms with Crippen LogP contribution in [0.1, 0.15) is 136 Å². The summed E-state index contributed by atoms with van der Waals surface area (Å²) in [6.45, 7) is 6.46. The standard InChI is InChI=1S/C27H56O6/c1-4-7-10-13-16-19-22-31-26(29,25-28)27(30,32-23-20-17-14-11-8-5-2)33-24-21-18-15-12-9-6-3/h28-30H,4-25H2,1-3H3. The van der Waals surface area contributed by atoms with Gasteiger partial charge in [-0.25, -0.2) is 0 Å². The Bertz CT molecular complexity index is 388. The summed E-state index contributed by atoms with van der Waals surface area (Å²) >= 11 is 0. The molecule has 1 atom stereocenters. The predicted octanol–water partition coefficient (Wildman–Crippen LogP) is 6.44. The molecule has 0 heterocycles. The van der Waals surface area contributed by atoms with Crippen LogP contribution in [0.25, 0.3) is 0 Å². The smallest absolute Gasteiger partial charge is 0.340 e. The summed E-state index contributed by atoms with van der Waals surface area (Å²) in [6.07, 6.45) is 19.4. The lowest BCUT2D eigenvalue weighted by atomic mass is 10.1. The average molecular weight is 477 g/mol. The van der Waals surface area contributed by atoms with E-state index in [2.05, 4.69) is 20.8 Å². The molecule has 0 rings (SSSR count). The normalized spacial score (nSPS) is 14.0. The Hall–Kier alpha value is -0.240. The van der Waals surface area contributed by atoms with Crippen LogP contribution in [-0.4, -0.2) is 53.5 Å². The van der Waals surface area contributed by atoms with Gasteiger partial charge in [-0.15, -0.1) is 0 Å². The van der Waals surface area contributed by atoms with Crippen molar-refractivity contribution < 1.29 is 29.5 Å². The lowest BCUT2D eigenvalue weighted by Gasteiger charge is -2.40. The van der Waals surface area contributed by atoms with Crippen LogP contribution < -0.4 is 0 Å². The Morgan fingerprint density at radius 3 is 1.09 bits per heavy atom. The maximum absolute atomic E-state index is 11.1. The zero-order valence-electron chi connectivity index (χ0n) is 22.1. The largest absolute Gasteiger partial charge is 0.390 e. The lowest BCUT2D eigenvalue weighted by molar-refractivity contribution is -0.484. The Balaban J connectivity index is 4.66. The van der Waals surface area contributed by atoms with Gasteiger partial charge in [0.1, 0.15) is 6.61 Å². The van der Waals surface area contributed by atoms with E-state index < -0.39 is 18.4 Å². The van der Waals surface area contributed by atoms with Gasteiger partial charge in [-0.2, -0.15) is 0 Å². The molecule has 6 nitrogen and oxygen atoms in total. The van der Waals surface area contributed by atoms with Crippen molar-refractivity contribution in [2.24, 2.45) is 0 Å². The molecule has 0 amide bonds. The Kier molecular flexibility index (Phi) is 22.1. The molecule has 0 bridgehead atoms. The molecule has 200 valence electrons. The molecule has 0 aliphatic rings. The van der Waals surface area contributed by atoms with Gasteiger partial charge in [0, 0.05) is 0 Å². The minimum absolute atomic E-state index is 0.228. The van der Waals surface area contributed by atoms with E-state index in [4.69, 9.17) is 14.2 Å². The number of hydrogen-bond acceptors (Lipinski definition) is 6. The SMILES string of the molecule is CCCCCCCCOC(O)(CO)C(O)(OCCCCCCCC)OCCCCCCCC. The second-order valence-corrected chi connectivity index (χ2v) is 9.37. The van der Waals surface area contributed by atoms with Crippen LogP contribution in [0, 0.1) is 0 Å². The number of unbranched alkanes of at least 4 members (excludes halogenated alkanes) is 15. The molecular weight excluding hydrogens is 420 g/mol. The minimum atomic E-state index is -2.38. The van der Waals surface area contributed by atoms with Crippen LogP contribution >= 0.6 is 0 Å². The van der Waals surface area contributed by atoms with Gasteiger partial charge in [-0.05, 0) is 19.3 Å². The molecule has 0 radical (unpaired) electrons. The first kappa shape index (κ1) is 32.8. The third-order valence-corrected chi connectivity index (χ3v) is 6.14. The van der Waals surface area contributed by atoms with Crippen LogP contribution in [0.4, 0.5) is 0 Å². The molecule has 0 aliphatic heterocycles. The summed E-state index contributed by atoms with van der Waals surface area (Å²) in [5.41, 5.74) is 0. The Morgan fingerprint density at radius 1 is 0.455 bits per heavy atom. The highest BCUT2D eigenvalue weighted by Crippen LogP contribution is 2.28. The van der Waals surface area contributed by atoms with E-state index in [9.17, 15) is 15.3 Å². The average Bonchev–Trinajstić information content (AvgIpc) is 2.82. The van der Waals surface area contributed by atoms with Crippen molar-refractivity contribution in [2.45, 2.75) is 148 Å². The van der Waals surface area contributed by atoms with Gasteiger partial charge in [-0.1, -0.05) is 117 Å². The van der Waals surface area contributed by atoms with Crippen molar-refractivity contribution in [1.29, 1.82) is 0 Å². The number of aliphatic hydroxyl groups is 3. The first-order valence-electron chi connectivity index (χ1n) is 14.0. The highest BCUT2D eigenvalue weighted by Gasteiger charge is 2.54. The first-order valence-corrected chi connectivity index (χ1v) is 14.0. The fraction of sp³-hybridized carbons (Fsp3) is 1.00. The lowest BCUT2D eigenvalue weighted by Crippen LogP contribution is -2.62. The number of hydrogen-bond donors (Lipinski definition) is 3. The van der Waals surface area contributed by atoms with Crippen molar-refractivity contribution in [2.75, 3.05) is 26.4 Å². The molecule has 0 fully saturated rings. The summed E-state index contributed by atoms with van der Waals surface area (Å²) in [6, 6.07) is 0. The monoisotopic (exact) mass is 476 g/mol. The van der Waals surface area contributed by atoms with E-state index in [-0.39, 0.29) is 19.8 Å². The van der Waals surface area contributed by atoms with Gasteiger partial charge < -0.3 is 29.5 Å². The quantitative estimate of drug-likeness (QED) is 0.0982. The minimum Gasteiger partial charge on any atom is -0.390 e. The van der Waals surface area contributed by atoms with Crippen molar-refractivity contribution in [1.82, 2.24) is 0 Å². The fourth-order valence-electron chi connectivity index (χ4n) is 3.81. The zero-order chi connectivity index (χ0) is 24.7. The van der Waals surface area contributed by atoms with Crippen LogP contribution in [0.15, 0.2) is 0 Å². The molecule has 6 heteroatoms. The Morgan fingerprint density at radius 2 is 0.758 bits per heavy atom. The summed E-state index contributed by atoms with van der Waals surface area (Å²) < 4.78 is 16.9. The van der Waals surface area contributed by atoms with Gasteiger partial charge in [0.25, 0.3) is 5.79 Å². The molecule has 3 N–H and O–H groups in total. The van der Waals surface area contributed by atoms with Crippen molar-refractivity contribution in [3.63, 3.8) is 0 Å². The predicted molar refractivity (Wildman–Crippen MR) is 135 cm³/mol. The van der Waals surface area contributed by atoms with E-state index in [0.717, 1.165) is 57.8 Å². The second-order valence-electron chi connectivity index (χ2n) is 9.37. The van der Waals surface area contributed by atoms with Gasteiger partial charge >= 0.3 is 5.97 Å². The number of ether oxygens (including phenoxy) is 3. The Labute approximate surface area is 204 Å². The summed E-state index contributed by atoms with van der Waals surface area (Å²) in [7, 11) is 0. The topological polar surface area (TPSA) is 88.4 Å². The van der Waals surface area contributed by atoms with Crippen LogP contribution in [0.3, 0.4) is 0 Å². The van der Waals surface area contributed by atoms with Crippen molar-refractivity contribution in [3.05, 3.63) is 0 Å². The van der Waals surface area contributed by atoms with E-state index in [1.807, 2.05) is 0 Å². The molecule has 0 saturated carbocycles. The maximum Gasteiger partial charge on any atom is 0.340 e. The molecule has 0 aliphatic carbocycles. The molecule has 33 heavy (non-hydrogen) atoms. The van der Waals surface area contributed by atoms with E-state index in [0.29, 0.717) is 0 Å². The van der Waals surface area contributed by atoms with E-state index >= 15 is 0 Å². The van der Waals surface area contributed by atoms with Crippen molar-refractivity contribution in [3.8, 4) is 0 Å². The fourth-order valence-corrected chi connectivity index (χ4v) is 3.81. The van der Waals surface area contributed by atoms with Gasteiger partial charge in [0.05, 0.1) is 19.8 Å². The van der Waals surface area contributed by atoms with Gasteiger partial charge in [0.2, 0.25) is 0 Å². The molecule has 0 aromatic carbocycles. The number of aliphatic hydroxyl groups excluding tert-OH is 1. The van der Waals surface area contributed by atoms with Crippen LogP contribution in [0.5, 0.6) is 0 Å². The molecule has 0 saturated heterocycles. The van der Waals surface area contributed by atoms with Crippen molar-refractivity contribution >= 4 is 0 Å². The number of rotatable bonds is 26. The molecule has 0 aromatic rings. The van der Waals surface area contributed by atoms with E-state index in [1.165, 1.54) is 57.8 Å². The summed E-state index contributed by atoms with van der Waals surface area (Å²) in [5.74, 6) is -4.68. The third-order valence-electron chi connectivity index (χ3n) is 6.14. The zero-order valence-corrected chi connectivity index (χ0v) is 22.1.